The third-order valence-electron chi connectivity index (χ3n) is 1.64. The fourth-order valence-electron chi connectivity index (χ4n) is 1.04. The van der Waals surface area contributed by atoms with Crippen molar-refractivity contribution in [1.29, 1.82) is 0 Å². The summed E-state index contributed by atoms with van der Waals surface area (Å²) in [4.78, 5) is 11.0. The molecule has 0 unspecified atom stereocenters. The minimum atomic E-state index is -4.77. The smallest absolute Gasteiger partial charge is 0.406 e. The Morgan fingerprint density at radius 3 is 2.47 bits per heavy atom. The van der Waals surface area contributed by atoms with Crippen molar-refractivity contribution in [2.24, 2.45) is 0 Å². The summed E-state index contributed by atoms with van der Waals surface area (Å²) < 4.78 is 39.1. The number of halogens is 3. The Bertz CT molecular complexity index is 387. The highest BCUT2D eigenvalue weighted by Crippen LogP contribution is 2.26. The number of Topliss-reactive ketones (excluding diaryl/α,β-unsaturated/α-hetero) is 1. The average molecular weight is 219 g/mol. The molecule has 0 bridgehead atoms. The van der Waals surface area contributed by atoms with Gasteiger partial charge in [-0.05, 0) is 25.1 Å². The molecule has 0 aromatic heterocycles. The minimum absolute atomic E-state index is 0.0109. The van der Waals surface area contributed by atoms with Gasteiger partial charge in [-0.25, -0.2) is 0 Å². The summed E-state index contributed by atoms with van der Waals surface area (Å²) in [7, 11) is 0. The summed E-state index contributed by atoms with van der Waals surface area (Å²) >= 11 is 0. The quantitative estimate of drug-likeness (QED) is 0.613. The number of alkyl halides is 3. The molecule has 6 heteroatoms. The molecule has 0 heterocycles. The summed E-state index contributed by atoms with van der Waals surface area (Å²) in [6.45, 7) is 1.21. The van der Waals surface area contributed by atoms with Crippen molar-refractivity contribution in [3.8, 4) is 5.75 Å². The van der Waals surface area contributed by atoms with Crippen molar-refractivity contribution in [3.63, 3.8) is 0 Å². The Labute approximate surface area is 83.6 Å². The lowest BCUT2D eigenvalue weighted by molar-refractivity contribution is -0.274. The van der Waals surface area contributed by atoms with Crippen LogP contribution in [-0.4, -0.2) is 12.1 Å². The second-order valence-electron chi connectivity index (χ2n) is 2.85. The summed E-state index contributed by atoms with van der Waals surface area (Å²) in [6, 6.07) is 3.21. The van der Waals surface area contributed by atoms with Gasteiger partial charge in [0.1, 0.15) is 5.75 Å². The SMILES string of the molecule is CC(=O)c1cc(OC(F)(F)F)ccc1N. The molecule has 0 spiro atoms. The van der Waals surface area contributed by atoms with Crippen LogP contribution in [0.15, 0.2) is 18.2 Å². The number of rotatable bonds is 2. The molecule has 0 saturated carbocycles. The Kier molecular flexibility index (Phi) is 2.88. The lowest BCUT2D eigenvalue weighted by Crippen LogP contribution is -2.17. The van der Waals surface area contributed by atoms with Gasteiger partial charge < -0.3 is 10.5 Å². The van der Waals surface area contributed by atoms with Crippen molar-refractivity contribution >= 4 is 11.5 Å². The zero-order valence-electron chi connectivity index (χ0n) is 7.76. The molecule has 0 aliphatic rings. The molecule has 1 rings (SSSR count). The molecule has 0 fully saturated rings. The third-order valence-corrected chi connectivity index (χ3v) is 1.64. The third kappa shape index (κ3) is 3.16. The predicted octanol–water partition coefficient (Wildman–Crippen LogP) is 2.37. The highest BCUT2D eigenvalue weighted by molar-refractivity contribution is 5.99. The molecule has 0 radical (unpaired) electrons. The van der Waals surface area contributed by atoms with Crippen LogP contribution in [0.5, 0.6) is 5.75 Å². The Balaban J connectivity index is 3.03. The van der Waals surface area contributed by atoms with Crippen molar-refractivity contribution in [1.82, 2.24) is 0 Å². The molecule has 15 heavy (non-hydrogen) atoms. The molecule has 2 N–H and O–H groups in total. The lowest BCUT2D eigenvalue weighted by Gasteiger charge is -2.10. The molecule has 3 nitrogen and oxygen atoms in total. The Morgan fingerprint density at radius 1 is 1.40 bits per heavy atom. The summed E-state index contributed by atoms with van der Waals surface area (Å²) in [5, 5.41) is 0. The van der Waals surface area contributed by atoms with E-state index in [0.717, 1.165) is 12.1 Å². The number of ether oxygens (including phenoxy) is 1. The maximum atomic E-state index is 11.8. The van der Waals surface area contributed by atoms with Crippen molar-refractivity contribution in [2.75, 3.05) is 5.73 Å². The molecule has 1 aromatic rings. The van der Waals surface area contributed by atoms with Crippen molar-refractivity contribution in [2.45, 2.75) is 13.3 Å². The van der Waals surface area contributed by atoms with Crippen LogP contribution < -0.4 is 10.5 Å². The molecule has 0 aliphatic heterocycles. The van der Waals surface area contributed by atoms with E-state index in [1.807, 2.05) is 0 Å². The van der Waals surface area contributed by atoms with Crippen LogP contribution in [0, 0.1) is 0 Å². The maximum absolute atomic E-state index is 11.8. The number of anilines is 1. The minimum Gasteiger partial charge on any atom is -0.406 e. The zero-order chi connectivity index (χ0) is 11.6. The fourth-order valence-corrected chi connectivity index (χ4v) is 1.04. The maximum Gasteiger partial charge on any atom is 0.573 e. The van der Waals surface area contributed by atoms with E-state index in [0.29, 0.717) is 0 Å². The second-order valence-corrected chi connectivity index (χ2v) is 2.85. The zero-order valence-corrected chi connectivity index (χ0v) is 7.76. The normalized spacial score (nSPS) is 11.2. The predicted molar refractivity (Wildman–Crippen MR) is 47.5 cm³/mol. The molecule has 0 atom stereocenters. The highest BCUT2D eigenvalue weighted by atomic mass is 19.4. The van der Waals surface area contributed by atoms with Crippen LogP contribution >= 0.6 is 0 Å². The van der Waals surface area contributed by atoms with Gasteiger partial charge in [0.05, 0.1) is 0 Å². The van der Waals surface area contributed by atoms with Gasteiger partial charge in [-0.1, -0.05) is 0 Å². The lowest BCUT2D eigenvalue weighted by atomic mass is 10.1. The first kappa shape index (κ1) is 11.4. The monoisotopic (exact) mass is 219 g/mol. The van der Waals surface area contributed by atoms with Gasteiger partial charge in [-0.2, -0.15) is 0 Å². The molecular formula is C9H8F3NO2. The number of ketones is 1. The number of nitrogen functional groups attached to an aromatic ring is 1. The van der Waals surface area contributed by atoms with Crippen LogP contribution in [0.25, 0.3) is 0 Å². The van der Waals surface area contributed by atoms with Crippen LogP contribution in [0.2, 0.25) is 0 Å². The van der Waals surface area contributed by atoms with Crippen LogP contribution in [0.3, 0.4) is 0 Å². The van der Waals surface area contributed by atoms with E-state index in [9.17, 15) is 18.0 Å². The van der Waals surface area contributed by atoms with Crippen LogP contribution in [0.4, 0.5) is 18.9 Å². The topological polar surface area (TPSA) is 52.3 Å². The molecule has 82 valence electrons. The Morgan fingerprint density at radius 2 is 2.00 bits per heavy atom. The van der Waals surface area contributed by atoms with Crippen LogP contribution in [-0.2, 0) is 0 Å². The van der Waals surface area contributed by atoms with E-state index in [-0.39, 0.29) is 11.3 Å². The van der Waals surface area contributed by atoms with E-state index < -0.39 is 17.9 Å². The number of nitrogens with two attached hydrogens (primary N) is 1. The highest BCUT2D eigenvalue weighted by Gasteiger charge is 2.31. The number of hydrogen-bond donors (Lipinski definition) is 1. The number of carbonyl (C=O) groups is 1. The van der Waals surface area contributed by atoms with Gasteiger partial charge in [0, 0.05) is 11.3 Å². The van der Waals surface area contributed by atoms with Gasteiger partial charge in [0.2, 0.25) is 0 Å². The largest absolute Gasteiger partial charge is 0.573 e. The van der Waals surface area contributed by atoms with E-state index in [1.165, 1.54) is 13.0 Å². The fraction of sp³-hybridized carbons (Fsp3) is 0.222. The number of benzene rings is 1. The second kappa shape index (κ2) is 3.80. The number of carbonyl (C=O) groups excluding carboxylic acids is 1. The van der Waals surface area contributed by atoms with E-state index in [1.54, 1.807) is 0 Å². The number of hydrogen-bond acceptors (Lipinski definition) is 3. The molecule has 0 aliphatic carbocycles. The van der Waals surface area contributed by atoms with Crippen LogP contribution in [0.1, 0.15) is 17.3 Å². The van der Waals surface area contributed by atoms with Gasteiger partial charge in [0.15, 0.2) is 5.78 Å². The first-order valence-electron chi connectivity index (χ1n) is 3.96. The van der Waals surface area contributed by atoms with Gasteiger partial charge in [0.25, 0.3) is 0 Å². The summed E-state index contributed by atoms with van der Waals surface area (Å²) in [5.41, 5.74) is 5.53. The van der Waals surface area contributed by atoms with Gasteiger partial charge in [-0.3, -0.25) is 4.79 Å². The first-order valence-corrected chi connectivity index (χ1v) is 3.96. The summed E-state index contributed by atoms with van der Waals surface area (Å²) in [5.74, 6) is -0.873. The van der Waals surface area contributed by atoms with Gasteiger partial charge >= 0.3 is 6.36 Å². The van der Waals surface area contributed by atoms with Crippen molar-refractivity contribution < 1.29 is 22.7 Å². The first-order chi connectivity index (χ1) is 6.79. The Hall–Kier alpha value is -1.72. The van der Waals surface area contributed by atoms with E-state index in [2.05, 4.69) is 4.74 Å². The molecule has 0 amide bonds. The summed E-state index contributed by atoms with van der Waals surface area (Å²) in [6.07, 6.45) is -4.77. The molecule has 0 saturated heterocycles. The molecule has 1 aromatic carbocycles. The molecular weight excluding hydrogens is 211 g/mol. The van der Waals surface area contributed by atoms with Crippen molar-refractivity contribution in [3.05, 3.63) is 23.8 Å². The average Bonchev–Trinajstić information content (AvgIpc) is 2.05. The van der Waals surface area contributed by atoms with E-state index in [4.69, 9.17) is 5.73 Å². The standard InChI is InChI=1S/C9H8F3NO2/c1-5(14)7-4-6(2-3-8(7)13)15-9(10,11)12/h2-4H,13H2,1H3. The van der Waals surface area contributed by atoms with Gasteiger partial charge in [-0.15, -0.1) is 13.2 Å². The van der Waals surface area contributed by atoms with E-state index >= 15 is 0 Å².